The smallest absolute Gasteiger partial charge is 0.147 e. The maximum atomic E-state index is 5.55. The van der Waals surface area contributed by atoms with Crippen LogP contribution in [-0.4, -0.2) is 49.5 Å². The Labute approximate surface area is 80.9 Å². The fraction of sp³-hybridized carbons (Fsp3) is 1.00. The van der Waals surface area contributed by atoms with Crippen LogP contribution in [0.25, 0.3) is 0 Å². The molecule has 4 atom stereocenters. The quantitative estimate of drug-likeness (QED) is 0.564. The summed E-state index contributed by atoms with van der Waals surface area (Å²) in [5.74, 6) is 0. The van der Waals surface area contributed by atoms with E-state index in [0.717, 1.165) is 13.2 Å². The Morgan fingerprint density at radius 2 is 1.38 bits per heavy atom. The molecule has 3 aliphatic heterocycles. The first-order chi connectivity index (χ1) is 6.45. The number of thioether (sulfide) groups is 1. The lowest BCUT2D eigenvalue weighted by atomic mass is 10.1. The van der Waals surface area contributed by atoms with Gasteiger partial charge in [0.2, 0.25) is 0 Å². The highest BCUT2D eigenvalue weighted by Crippen LogP contribution is 2.41. The van der Waals surface area contributed by atoms with Crippen molar-refractivity contribution in [3.05, 3.63) is 0 Å². The third-order valence-corrected chi connectivity index (χ3v) is 4.17. The fourth-order valence-corrected chi connectivity index (χ4v) is 3.63. The molecule has 3 heterocycles. The van der Waals surface area contributed by atoms with Crippen molar-refractivity contribution in [1.29, 1.82) is 0 Å². The van der Waals surface area contributed by atoms with E-state index in [0.29, 0.717) is 24.1 Å². The van der Waals surface area contributed by atoms with E-state index in [1.807, 2.05) is 11.8 Å². The van der Waals surface area contributed by atoms with Gasteiger partial charge in [-0.3, -0.25) is 0 Å². The van der Waals surface area contributed by atoms with Crippen LogP contribution in [0.5, 0.6) is 0 Å². The van der Waals surface area contributed by atoms with E-state index in [2.05, 4.69) is 0 Å². The van der Waals surface area contributed by atoms with Crippen molar-refractivity contribution in [1.82, 2.24) is 0 Å². The van der Waals surface area contributed by atoms with E-state index in [4.69, 9.17) is 18.9 Å². The highest BCUT2D eigenvalue weighted by Gasteiger charge is 2.48. The summed E-state index contributed by atoms with van der Waals surface area (Å²) in [6.45, 7) is 2.39. The molecule has 0 spiro atoms. The van der Waals surface area contributed by atoms with Gasteiger partial charge in [-0.15, -0.1) is 11.8 Å². The van der Waals surface area contributed by atoms with Crippen molar-refractivity contribution < 1.29 is 18.9 Å². The lowest BCUT2D eigenvalue weighted by Gasteiger charge is -2.31. The second-order valence-corrected chi connectivity index (χ2v) is 4.94. The molecule has 0 aromatic rings. The standard InChI is InChI=1S/C8H12O4S/c1-5-7(11-3-9-1)8-6(13-5)2-10-4-12-8/h5-8H,1-4H2/t5-,6+,7+,8-. The minimum Gasteiger partial charge on any atom is -0.354 e. The molecule has 0 N–H and O–H groups in total. The molecule has 0 saturated carbocycles. The number of rotatable bonds is 0. The topological polar surface area (TPSA) is 36.9 Å². The van der Waals surface area contributed by atoms with Crippen LogP contribution in [0.2, 0.25) is 0 Å². The van der Waals surface area contributed by atoms with Crippen LogP contribution >= 0.6 is 11.8 Å². The molecule has 74 valence electrons. The van der Waals surface area contributed by atoms with E-state index in [-0.39, 0.29) is 12.2 Å². The van der Waals surface area contributed by atoms with Gasteiger partial charge in [-0.25, -0.2) is 0 Å². The van der Waals surface area contributed by atoms with Gasteiger partial charge in [-0.05, 0) is 0 Å². The summed E-state index contributed by atoms with van der Waals surface area (Å²) in [5.41, 5.74) is 0. The molecule has 0 unspecified atom stereocenters. The predicted molar refractivity (Wildman–Crippen MR) is 46.6 cm³/mol. The average molecular weight is 204 g/mol. The van der Waals surface area contributed by atoms with Crippen molar-refractivity contribution in [2.24, 2.45) is 0 Å². The summed E-state index contributed by atoms with van der Waals surface area (Å²) in [7, 11) is 0. The Morgan fingerprint density at radius 3 is 1.92 bits per heavy atom. The van der Waals surface area contributed by atoms with E-state index in [9.17, 15) is 0 Å². The zero-order chi connectivity index (χ0) is 8.67. The van der Waals surface area contributed by atoms with Crippen LogP contribution in [0.4, 0.5) is 0 Å². The minimum absolute atomic E-state index is 0.215. The molecule has 4 nitrogen and oxygen atoms in total. The molecule has 0 aromatic heterocycles. The largest absolute Gasteiger partial charge is 0.354 e. The van der Waals surface area contributed by atoms with Gasteiger partial charge in [0, 0.05) is 0 Å². The van der Waals surface area contributed by atoms with Gasteiger partial charge in [0.15, 0.2) is 0 Å². The van der Waals surface area contributed by atoms with Gasteiger partial charge in [-0.1, -0.05) is 0 Å². The molecular formula is C8H12O4S. The van der Waals surface area contributed by atoms with Crippen molar-refractivity contribution in [2.75, 3.05) is 26.8 Å². The summed E-state index contributed by atoms with van der Waals surface area (Å²) in [6.07, 6.45) is 0.431. The minimum atomic E-state index is 0.215. The third kappa shape index (κ3) is 1.39. The lowest BCUT2D eigenvalue weighted by Crippen LogP contribution is -2.45. The van der Waals surface area contributed by atoms with Crippen molar-refractivity contribution in [3.63, 3.8) is 0 Å². The third-order valence-electron chi connectivity index (χ3n) is 2.66. The van der Waals surface area contributed by atoms with Crippen molar-refractivity contribution in [2.45, 2.75) is 22.7 Å². The van der Waals surface area contributed by atoms with Crippen LogP contribution in [0.3, 0.4) is 0 Å². The van der Waals surface area contributed by atoms with Gasteiger partial charge in [0.05, 0.1) is 23.7 Å². The van der Waals surface area contributed by atoms with Crippen LogP contribution in [0.1, 0.15) is 0 Å². The Morgan fingerprint density at radius 1 is 0.846 bits per heavy atom. The van der Waals surface area contributed by atoms with E-state index < -0.39 is 0 Å². The normalized spacial score (nSPS) is 49.8. The lowest BCUT2D eigenvalue weighted by molar-refractivity contribution is -0.208. The molecule has 3 fully saturated rings. The molecule has 13 heavy (non-hydrogen) atoms. The molecule has 0 bridgehead atoms. The van der Waals surface area contributed by atoms with Gasteiger partial charge in [0.25, 0.3) is 0 Å². The van der Waals surface area contributed by atoms with Gasteiger partial charge >= 0.3 is 0 Å². The van der Waals surface area contributed by atoms with Crippen molar-refractivity contribution >= 4 is 11.8 Å². The highest BCUT2D eigenvalue weighted by atomic mass is 32.2. The van der Waals surface area contributed by atoms with E-state index in [1.54, 1.807) is 0 Å². The zero-order valence-corrected chi connectivity index (χ0v) is 8.00. The van der Waals surface area contributed by atoms with Crippen LogP contribution in [0, 0.1) is 0 Å². The average Bonchev–Trinajstić information content (AvgIpc) is 2.56. The molecule has 3 saturated heterocycles. The maximum Gasteiger partial charge on any atom is 0.147 e. The number of ether oxygens (including phenoxy) is 4. The Hall–Kier alpha value is 0.190. The Balaban J connectivity index is 1.76. The van der Waals surface area contributed by atoms with E-state index >= 15 is 0 Å². The molecule has 3 rings (SSSR count). The number of hydrogen-bond acceptors (Lipinski definition) is 5. The molecule has 0 aromatic carbocycles. The van der Waals surface area contributed by atoms with Gasteiger partial charge in [0.1, 0.15) is 25.8 Å². The summed E-state index contributed by atoms with van der Waals surface area (Å²) in [6, 6.07) is 0. The molecular weight excluding hydrogens is 192 g/mol. The molecule has 3 aliphatic rings. The first-order valence-electron chi connectivity index (χ1n) is 4.49. The summed E-state index contributed by atoms with van der Waals surface area (Å²) in [4.78, 5) is 0. The fourth-order valence-electron chi connectivity index (χ4n) is 2.06. The Kier molecular flexibility index (Phi) is 2.22. The monoisotopic (exact) mass is 204 g/mol. The second-order valence-electron chi connectivity index (χ2n) is 3.45. The van der Waals surface area contributed by atoms with Crippen LogP contribution in [0.15, 0.2) is 0 Å². The Bertz CT molecular complexity index is 181. The number of hydrogen-bond donors (Lipinski definition) is 0. The summed E-state index contributed by atoms with van der Waals surface area (Å²) >= 11 is 1.88. The van der Waals surface area contributed by atoms with E-state index in [1.165, 1.54) is 0 Å². The predicted octanol–water partition coefficient (Wildman–Crippen LogP) is 0.216. The van der Waals surface area contributed by atoms with Crippen LogP contribution in [-0.2, 0) is 18.9 Å². The van der Waals surface area contributed by atoms with Gasteiger partial charge in [-0.2, -0.15) is 0 Å². The molecule has 0 aliphatic carbocycles. The first kappa shape index (κ1) is 8.49. The second kappa shape index (κ2) is 3.40. The summed E-state index contributed by atoms with van der Waals surface area (Å²) < 4.78 is 21.6. The SMILES string of the molecule is C1OC[C@H]2S[C@H]3COCO[C@H]3[C@H]2O1. The first-order valence-corrected chi connectivity index (χ1v) is 5.43. The zero-order valence-electron chi connectivity index (χ0n) is 7.18. The maximum absolute atomic E-state index is 5.55. The summed E-state index contributed by atoms with van der Waals surface area (Å²) in [5, 5.41) is 0.871. The van der Waals surface area contributed by atoms with Gasteiger partial charge < -0.3 is 18.9 Å². The molecule has 0 radical (unpaired) electrons. The number of fused-ring (bicyclic) bond motifs is 3. The molecule has 0 amide bonds. The highest BCUT2D eigenvalue weighted by molar-refractivity contribution is 8.01. The van der Waals surface area contributed by atoms with Crippen LogP contribution < -0.4 is 0 Å². The van der Waals surface area contributed by atoms with Crippen molar-refractivity contribution in [3.8, 4) is 0 Å². The molecule has 5 heteroatoms.